The molecule has 5 nitrogen and oxygen atoms in total. The van der Waals surface area contributed by atoms with Crippen LogP contribution in [0.1, 0.15) is 0 Å². The van der Waals surface area contributed by atoms with E-state index in [0.717, 1.165) is 59.8 Å². The van der Waals surface area contributed by atoms with Crippen LogP contribution < -0.4 is 0 Å². The molecule has 40 heavy (non-hydrogen) atoms. The van der Waals surface area contributed by atoms with E-state index in [9.17, 15) is 0 Å². The SMILES string of the molecule is c1ccc2c(-c3nc(-c4ccc5cnccc5c4)nc(-c4ccc5cnccc5c4)n3)c3ccccc3cc2c1. The Morgan fingerprint density at radius 3 is 1.43 bits per heavy atom. The quantitative estimate of drug-likeness (QED) is 0.223. The van der Waals surface area contributed by atoms with Gasteiger partial charge < -0.3 is 0 Å². The normalized spacial score (nSPS) is 11.5. The third-order valence-electron chi connectivity index (χ3n) is 7.43. The molecule has 0 aliphatic rings. The predicted octanol–water partition coefficient (Wildman–Crippen LogP) is 8.28. The van der Waals surface area contributed by atoms with Crippen LogP contribution >= 0.6 is 0 Å². The first kappa shape index (κ1) is 22.4. The van der Waals surface area contributed by atoms with Crippen molar-refractivity contribution < 1.29 is 0 Å². The maximum atomic E-state index is 5.12. The highest BCUT2D eigenvalue weighted by Gasteiger charge is 2.17. The van der Waals surface area contributed by atoms with Gasteiger partial charge in [0.15, 0.2) is 17.5 Å². The van der Waals surface area contributed by atoms with Gasteiger partial charge in [-0.2, -0.15) is 0 Å². The van der Waals surface area contributed by atoms with E-state index in [0.29, 0.717) is 17.5 Å². The summed E-state index contributed by atoms with van der Waals surface area (Å²) in [6.07, 6.45) is 7.36. The lowest BCUT2D eigenvalue weighted by atomic mass is 9.96. The lowest BCUT2D eigenvalue weighted by Crippen LogP contribution is -2.01. The molecule has 5 heteroatoms. The molecule has 0 spiro atoms. The Balaban J connectivity index is 1.44. The third kappa shape index (κ3) is 3.76. The lowest BCUT2D eigenvalue weighted by molar-refractivity contribution is 1.08. The fourth-order valence-electron chi connectivity index (χ4n) is 5.45. The average Bonchev–Trinajstić information content (AvgIpc) is 3.03. The van der Waals surface area contributed by atoms with Crippen LogP contribution in [0.15, 0.2) is 128 Å². The Morgan fingerprint density at radius 2 is 0.875 bits per heavy atom. The average molecular weight is 512 g/mol. The van der Waals surface area contributed by atoms with Crippen molar-refractivity contribution in [3.63, 3.8) is 0 Å². The highest BCUT2D eigenvalue weighted by atomic mass is 15.0. The van der Waals surface area contributed by atoms with Crippen LogP contribution in [0.4, 0.5) is 0 Å². The van der Waals surface area contributed by atoms with Gasteiger partial charge in [-0.25, -0.2) is 15.0 Å². The molecule has 0 amide bonds. The van der Waals surface area contributed by atoms with Gasteiger partial charge >= 0.3 is 0 Å². The van der Waals surface area contributed by atoms with Gasteiger partial charge in [0.2, 0.25) is 0 Å². The zero-order chi connectivity index (χ0) is 26.5. The number of aromatic nitrogens is 5. The van der Waals surface area contributed by atoms with E-state index in [-0.39, 0.29) is 0 Å². The van der Waals surface area contributed by atoms with Crippen LogP contribution in [-0.4, -0.2) is 24.9 Å². The minimum absolute atomic E-state index is 0.630. The number of rotatable bonds is 3. The summed E-state index contributed by atoms with van der Waals surface area (Å²) in [4.78, 5) is 23.8. The van der Waals surface area contributed by atoms with Crippen molar-refractivity contribution in [2.24, 2.45) is 0 Å². The van der Waals surface area contributed by atoms with Crippen molar-refractivity contribution in [1.82, 2.24) is 24.9 Å². The summed E-state index contributed by atoms with van der Waals surface area (Å²) in [6.45, 7) is 0. The van der Waals surface area contributed by atoms with E-state index < -0.39 is 0 Å². The van der Waals surface area contributed by atoms with Gasteiger partial charge in [0.25, 0.3) is 0 Å². The van der Waals surface area contributed by atoms with Crippen molar-refractivity contribution in [1.29, 1.82) is 0 Å². The van der Waals surface area contributed by atoms with E-state index in [4.69, 9.17) is 15.0 Å². The first-order valence-corrected chi connectivity index (χ1v) is 13.2. The van der Waals surface area contributed by atoms with Gasteiger partial charge in [-0.3, -0.25) is 9.97 Å². The number of hydrogen-bond acceptors (Lipinski definition) is 5. The standard InChI is InChI=1S/C35H21N5/c1-3-7-30-24(5-1)19-25-6-2-4-8-31(25)32(30)35-39-33(26-9-11-28-20-36-15-13-22(28)17-26)38-34(40-35)27-10-12-29-21-37-16-14-23(29)18-27/h1-21H. The van der Waals surface area contributed by atoms with Crippen molar-refractivity contribution in [2.75, 3.05) is 0 Å². The summed E-state index contributed by atoms with van der Waals surface area (Å²) in [5.74, 6) is 1.91. The van der Waals surface area contributed by atoms with Crippen molar-refractivity contribution in [3.8, 4) is 34.2 Å². The maximum absolute atomic E-state index is 5.12. The Morgan fingerprint density at radius 1 is 0.375 bits per heavy atom. The van der Waals surface area contributed by atoms with Crippen molar-refractivity contribution in [3.05, 3.63) is 128 Å². The van der Waals surface area contributed by atoms with E-state index in [1.165, 1.54) is 0 Å². The fourth-order valence-corrected chi connectivity index (χ4v) is 5.45. The molecule has 8 aromatic rings. The van der Waals surface area contributed by atoms with Crippen molar-refractivity contribution in [2.45, 2.75) is 0 Å². The molecule has 3 heterocycles. The number of hydrogen-bond donors (Lipinski definition) is 0. The molecular formula is C35H21N5. The van der Waals surface area contributed by atoms with E-state index in [1.807, 2.05) is 36.9 Å². The van der Waals surface area contributed by atoms with Crippen molar-refractivity contribution >= 4 is 43.1 Å². The molecule has 0 atom stereocenters. The van der Waals surface area contributed by atoms with Gasteiger partial charge in [0, 0.05) is 52.3 Å². The number of nitrogens with zero attached hydrogens (tertiary/aromatic N) is 5. The highest BCUT2D eigenvalue weighted by Crippen LogP contribution is 2.36. The van der Waals surface area contributed by atoms with E-state index >= 15 is 0 Å². The number of pyridine rings is 2. The van der Waals surface area contributed by atoms with Gasteiger partial charge in [0.05, 0.1) is 0 Å². The molecule has 0 saturated heterocycles. The molecule has 0 unspecified atom stereocenters. The number of benzene rings is 5. The Kier molecular flexibility index (Phi) is 5.07. The van der Waals surface area contributed by atoms with Crippen LogP contribution in [0.3, 0.4) is 0 Å². The number of fused-ring (bicyclic) bond motifs is 4. The molecule has 0 saturated carbocycles. The second kappa shape index (κ2) is 9.03. The van der Waals surface area contributed by atoms with Crippen LogP contribution in [-0.2, 0) is 0 Å². The van der Waals surface area contributed by atoms with Gasteiger partial charge in [-0.05, 0) is 62.6 Å². The second-order valence-corrected chi connectivity index (χ2v) is 9.88. The molecule has 0 radical (unpaired) electrons. The lowest BCUT2D eigenvalue weighted by Gasteiger charge is -2.13. The summed E-state index contributed by atoms with van der Waals surface area (Å²) < 4.78 is 0. The highest BCUT2D eigenvalue weighted by molar-refractivity contribution is 6.11. The van der Waals surface area contributed by atoms with Crippen LogP contribution in [0.5, 0.6) is 0 Å². The first-order valence-electron chi connectivity index (χ1n) is 13.2. The molecule has 186 valence electrons. The second-order valence-electron chi connectivity index (χ2n) is 9.88. The Hall–Kier alpha value is -5.55. The monoisotopic (exact) mass is 511 g/mol. The first-order chi connectivity index (χ1) is 19.8. The topological polar surface area (TPSA) is 64.5 Å². The molecule has 0 aliphatic carbocycles. The van der Waals surface area contributed by atoms with Gasteiger partial charge in [-0.1, -0.05) is 72.8 Å². The minimum atomic E-state index is 0.630. The van der Waals surface area contributed by atoms with Crippen LogP contribution in [0, 0.1) is 0 Å². The molecule has 5 aromatic carbocycles. The van der Waals surface area contributed by atoms with Gasteiger partial charge in [-0.15, -0.1) is 0 Å². The Labute approximate surface area is 229 Å². The summed E-state index contributed by atoms with van der Waals surface area (Å²) in [5, 5.41) is 8.84. The molecule has 0 fully saturated rings. The molecule has 3 aromatic heterocycles. The fraction of sp³-hybridized carbons (Fsp3) is 0. The molecule has 0 N–H and O–H groups in total. The van der Waals surface area contributed by atoms with Gasteiger partial charge in [0.1, 0.15) is 0 Å². The summed E-state index contributed by atoms with van der Waals surface area (Å²) >= 11 is 0. The van der Waals surface area contributed by atoms with E-state index in [2.05, 4.69) is 101 Å². The maximum Gasteiger partial charge on any atom is 0.165 e. The zero-order valence-electron chi connectivity index (χ0n) is 21.4. The zero-order valence-corrected chi connectivity index (χ0v) is 21.4. The summed E-state index contributed by atoms with van der Waals surface area (Å²) in [6, 6.07) is 35.6. The summed E-state index contributed by atoms with van der Waals surface area (Å²) in [5.41, 5.74) is 2.87. The molecular weight excluding hydrogens is 490 g/mol. The van der Waals surface area contributed by atoms with E-state index in [1.54, 1.807) is 0 Å². The molecule has 0 bridgehead atoms. The largest absolute Gasteiger partial charge is 0.264 e. The minimum Gasteiger partial charge on any atom is -0.264 e. The summed E-state index contributed by atoms with van der Waals surface area (Å²) in [7, 11) is 0. The Bertz CT molecular complexity index is 2090. The molecule has 8 rings (SSSR count). The third-order valence-corrected chi connectivity index (χ3v) is 7.43. The molecule has 0 aliphatic heterocycles. The van der Waals surface area contributed by atoms with Crippen LogP contribution in [0.2, 0.25) is 0 Å². The van der Waals surface area contributed by atoms with Crippen LogP contribution in [0.25, 0.3) is 77.3 Å². The smallest absolute Gasteiger partial charge is 0.165 e. The predicted molar refractivity (Wildman–Crippen MR) is 162 cm³/mol.